The zero-order valence-corrected chi connectivity index (χ0v) is 15.4. The number of benzene rings is 1. The topological polar surface area (TPSA) is 109 Å². The van der Waals surface area contributed by atoms with Gasteiger partial charge in [0.2, 0.25) is 0 Å². The van der Waals surface area contributed by atoms with Crippen molar-refractivity contribution in [3.8, 4) is 5.75 Å². The lowest BCUT2D eigenvalue weighted by Crippen LogP contribution is -2.41. The lowest BCUT2D eigenvalue weighted by molar-refractivity contribution is 0.475. The molecule has 6 heteroatoms. The van der Waals surface area contributed by atoms with Gasteiger partial charge in [-0.25, -0.2) is 4.99 Å². The van der Waals surface area contributed by atoms with Gasteiger partial charge in [0, 0.05) is 6.54 Å². The van der Waals surface area contributed by atoms with Gasteiger partial charge < -0.3 is 16.6 Å². The molecule has 0 aliphatic rings. The number of rotatable bonds is 11. The van der Waals surface area contributed by atoms with Crippen LogP contribution in [0.1, 0.15) is 63.9 Å². The minimum atomic E-state index is 0.233. The highest BCUT2D eigenvalue weighted by molar-refractivity contribution is 5.96. The summed E-state index contributed by atoms with van der Waals surface area (Å²) >= 11 is 0. The van der Waals surface area contributed by atoms with Crippen LogP contribution in [0.15, 0.2) is 34.3 Å². The summed E-state index contributed by atoms with van der Waals surface area (Å²) in [6.45, 7) is 3.37. The van der Waals surface area contributed by atoms with E-state index in [9.17, 15) is 5.11 Å². The second-order valence-corrected chi connectivity index (χ2v) is 6.23. The quantitative estimate of drug-likeness (QED) is 0.280. The molecule has 0 saturated carbocycles. The standard InChI is InChI=1S/C19H33N5O/c1-2-3-4-5-6-7-8-9-14-22-18(20)24-19(21)23-15-16-10-12-17(25)13-11-16/h10-13,25H,2-9,14-15H2,1H3,(H5,20,21,22,23,24). The third kappa shape index (κ3) is 11.0. The second-order valence-electron chi connectivity index (χ2n) is 6.23. The van der Waals surface area contributed by atoms with E-state index in [1.54, 1.807) is 24.3 Å². The number of nitrogens with two attached hydrogens (primary N) is 2. The van der Waals surface area contributed by atoms with Gasteiger partial charge in [-0.3, -0.25) is 10.3 Å². The van der Waals surface area contributed by atoms with E-state index in [2.05, 4.69) is 22.2 Å². The fraction of sp³-hybridized carbons (Fsp3) is 0.579. The molecule has 6 nitrogen and oxygen atoms in total. The molecule has 1 aromatic rings. The number of hydrogen-bond donors (Lipinski definition) is 4. The van der Waals surface area contributed by atoms with Gasteiger partial charge in [-0.05, 0) is 24.1 Å². The van der Waals surface area contributed by atoms with Crippen LogP contribution in [0.3, 0.4) is 0 Å². The second kappa shape index (κ2) is 13.1. The monoisotopic (exact) mass is 347 g/mol. The molecular formula is C19H33N5O. The Morgan fingerprint density at radius 2 is 1.44 bits per heavy atom. The van der Waals surface area contributed by atoms with Crippen LogP contribution in [0.4, 0.5) is 0 Å². The molecule has 25 heavy (non-hydrogen) atoms. The Morgan fingerprint density at radius 1 is 0.880 bits per heavy atom. The van der Waals surface area contributed by atoms with Crippen LogP contribution in [0.25, 0.3) is 0 Å². The van der Waals surface area contributed by atoms with Gasteiger partial charge in [-0.2, -0.15) is 0 Å². The van der Waals surface area contributed by atoms with Crippen molar-refractivity contribution in [2.75, 3.05) is 6.54 Å². The highest BCUT2D eigenvalue weighted by atomic mass is 16.3. The van der Waals surface area contributed by atoms with Crippen LogP contribution < -0.4 is 16.8 Å². The molecule has 140 valence electrons. The van der Waals surface area contributed by atoms with E-state index < -0.39 is 0 Å². The van der Waals surface area contributed by atoms with Gasteiger partial charge >= 0.3 is 0 Å². The fourth-order valence-corrected chi connectivity index (χ4v) is 2.43. The lowest BCUT2D eigenvalue weighted by Gasteiger charge is -2.05. The SMILES string of the molecule is CCCCCCCCCCN=C(N)NC(N)=NCc1ccc(O)cc1. The molecule has 1 rings (SSSR count). The predicted molar refractivity (Wildman–Crippen MR) is 106 cm³/mol. The molecule has 0 radical (unpaired) electrons. The molecule has 0 aliphatic carbocycles. The van der Waals surface area contributed by atoms with Crippen molar-refractivity contribution in [3.05, 3.63) is 29.8 Å². The highest BCUT2D eigenvalue weighted by Gasteiger charge is 1.97. The number of aromatic hydroxyl groups is 1. The molecule has 0 amide bonds. The fourth-order valence-electron chi connectivity index (χ4n) is 2.43. The summed E-state index contributed by atoms with van der Waals surface area (Å²) in [7, 11) is 0. The van der Waals surface area contributed by atoms with Crippen LogP contribution in [0.5, 0.6) is 5.75 Å². The number of hydrogen-bond acceptors (Lipinski definition) is 3. The molecule has 0 aliphatic heterocycles. The number of phenols is 1. The van der Waals surface area contributed by atoms with Gasteiger partial charge in [0.05, 0.1) is 6.54 Å². The van der Waals surface area contributed by atoms with E-state index >= 15 is 0 Å². The normalized spacial score (nSPS) is 12.4. The summed E-state index contributed by atoms with van der Waals surface area (Å²) in [6.07, 6.45) is 10.2. The van der Waals surface area contributed by atoms with E-state index in [1.807, 2.05) is 0 Å². The largest absolute Gasteiger partial charge is 0.508 e. The number of aliphatic imine (C=N–C) groups is 2. The van der Waals surface area contributed by atoms with Gasteiger partial charge in [0.1, 0.15) is 5.75 Å². The molecule has 0 unspecified atom stereocenters. The summed E-state index contributed by atoms with van der Waals surface area (Å²) < 4.78 is 0. The third-order valence-electron chi connectivity index (χ3n) is 3.92. The van der Waals surface area contributed by atoms with E-state index in [4.69, 9.17) is 11.5 Å². The number of nitrogens with one attached hydrogen (secondary N) is 1. The molecule has 0 fully saturated rings. The first-order valence-corrected chi connectivity index (χ1v) is 9.26. The van der Waals surface area contributed by atoms with Crippen LogP contribution >= 0.6 is 0 Å². The van der Waals surface area contributed by atoms with Gasteiger partial charge in [0.15, 0.2) is 11.9 Å². The van der Waals surface area contributed by atoms with Gasteiger partial charge in [-0.15, -0.1) is 0 Å². The molecule has 0 heterocycles. The smallest absolute Gasteiger partial charge is 0.195 e. The Morgan fingerprint density at radius 3 is 2.08 bits per heavy atom. The summed E-state index contributed by atoms with van der Waals surface area (Å²) in [5, 5.41) is 12.0. The van der Waals surface area contributed by atoms with Crippen LogP contribution in [-0.2, 0) is 6.54 Å². The zero-order valence-electron chi connectivity index (χ0n) is 15.4. The number of phenolic OH excluding ortho intramolecular Hbond substituents is 1. The van der Waals surface area contributed by atoms with Crippen LogP contribution in [-0.4, -0.2) is 23.6 Å². The van der Waals surface area contributed by atoms with Crippen molar-refractivity contribution in [1.29, 1.82) is 0 Å². The molecule has 0 aromatic heterocycles. The molecule has 0 spiro atoms. The molecule has 0 atom stereocenters. The number of nitrogens with zero attached hydrogens (tertiary/aromatic N) is 2. The van der Waals surface area contributed by atoms with E-state index in [0.29, 0.717) is 19.0 Å². The Hall–Kier alpha value is -2.24. The maximum atomic E-state index is 9.23. The zero-order chi connectivity index (χ0) is 18.3. The lowest BCUT2D eigenvalue weighted by atomic mass is 10.1. The average molecular weight is 348 g/mol. The Labute approximate surface area is 151 Å². The first-order chi connectivity index (χ1) is 12.1. The minimum absolute atomic E-state index is 0.233. The summed E-state index contributed by atoms with van der Waals surface area (Å²) in [4.78, 5) is 8.47. The van der Waals surface area contributed by atoms with E-state index in [1.165, 1.54) is 44.9 Å². The number of guanidine groups is 2. The number of unbranched alkanes of at least 4 members (excludes halogenated alkanes) is 7. The molecule has 0 saturated heterocycles. The molecular weight excluding hydrogens is 314 g/mol. The first kappa shape index (κ1) is 20.8. The summed E-state index contributed by atoms with van der Waals surface area (Å²) in [5.41, 5.74) is 12.6. The van der Waals surface area contributed by atoms with E-state index in [0.717, 1.165) is 12.0 Å². The molecule has 6 N–H and O–H groups in total. The van der Waals surface area contributed by atoms with Crippen molar-refractivity contribution < 1.29 is 5.11 Å². The van der Waals surface area contributed by atoms with Crippen LogP contribution in [0, 0.1) is 0 Å². The van der Waals surface area contributed by atoms with Crippen molar-refractivity contribution in [2.45, 2.75) is 64.8 Å². The van der Waals surface area contributed by atoms with E-state index in [-0.39, 0.29) is 11.7 Å². The predicted octanol–water partition coefficient (Wildman–Crippen LogP) is 3.25. The Kier molecular flexibility index (Phi) is 10.9. The summed E-state index contributed by atoms with van der Waals surface area (Å²) in [6, 6.07) is 6.83. The maximum Gasteiger partial charge on any atom is 0.195 e. The minimum Gasteiger partial charge on any atom is -0.508 e. The van der Waals surface area contributed by atoms with Crippen molar-refractivity contribution >= 4 is 11.9 Å². The Balaban J connectivity index is 2.14. The first-order valence-electron chi connectivity index (χ1n) is 9.26. The molecule has 1 aromatic carbocycles. The summed E-state index contributed by atoms with van der Waals surface area (Å²) in [5.74, 6) is 0.774. The van der Waals surface area contributed by atoms with Gasteiger partial charge in [-0.1, -0.05) is 64.0 Å². The highest BCUT2D eigenvalue weighted by Crippen LogP contribution is 2.10. The van der Waals surface area contributed by atoms with Crippen molar-refractivity contribution in [3.63, 3.8) is 0 Å². The maximum absolute atomic E-state index is 9.23. The third-order valence-corrected chi connectivity index (χ3v) is 3.92. The Bertz CT molecular complexity index is 525. The van der Waals surface area contributed by atoms with Crippen molar-refractivity contribution in [1.82, 2.24) is 5.32 Å². The van der Waals surface area contributed by atoms with Crippen molar-refractivity contribution in [2.24, 2.45) is 21.5 Å². The average Bonchev–Trinajstić information content (AvgIpc) is 2.60. The van der Waals surface area contributed by atoms with Crippen LogP contribution in [0.2, 0.25) is 0 Å². The molecule has 0 bridgehead atoms. The van der Waals surface area contributed by atoms with Gasteiger partial charge in [0.25, 0.3) is 0 Å².